The summed E-state index contributed by atoms with van der Waals surface area (Å²) < 4.78 is 5.50. The van der Waals surface area contributed by atoms with E-state index >= 15 is 0 Å². The molecule has 2 aromatic carbocycles. The van der Waals surface area contributed by atoms with Gasteiger partial charge in [-0.2, -0.15) is 0 Å². The van der Waals surface area contributed by atoms with Crippen molar-refractivity contribution in [2.45, 2.75) is 26.7 Å². The van der Waals surface area contributed by atoms with Gasteiger partial charge in [0.1, 0.15) is 5.75 Å². The van der Waals surface area contributed by atoms with Gasteiger partial charge in [0, 0.05) is 10.7 Å². The van der Waals surface area contributed by atoms with Crippen LogP contribution in [0.5, 0.6) is 5.75 Å². The average molecular weight is 318 g/mol. The van der Waals surface area contributed by atoms with Gasteiger partial charge >= 0.3 is 0 Å². The molecule has 0 spiro atoms. The summed E-state index contributed by atoms with van der Waals surface area (Å²) >= 11 is 5.93. The maximum atomic E-state index is 11.9. The van der Waals surface area contributed by atoms with Crippen molar-refractivity contribution in [3.05, 3.63) is 58.6 Å². The summed E-state index contributed by atoms with van der Waals surface area (Å²) in [4.78, 5) is 11.9. The van der Waals surface area contributed by atoms with E-state index in [9.17, 15) is 4.79 Å². The molecule has 0 unspecified atom stereocenters. The highest BCUT2D eigenvalue weighted by atomic mass is 35.5. The molecule has 116 valence electrons. The number of carbonyl (C=O) groups excluding carboxylic acids is 1. The Morgan fingerprint density at radius 2 is 1.86 bits per heavy atom. The van der Waals surface area contributed by atoms with Crippen molar-refractivity contribution in [3.8, 4) is 5.75 Å². The monoisotopic (exact) mass is 317 g/mol. The number of amides is 1. The lowest BCUT2D eigenvalue weighted by Crippen LogP contribution is -2.20. The van der Waals surface area contributed by atoms with E-state index in [2.05, 4.69) is 19.2 Å². The second-order valence-electron chi connectivity index (χ2n) is 5.52. The minimum absolute atomic E-state index is 0.0347. The Bertz CT molecular complexity index is 651. The molecule has 0 aliphatic heterocycles. The quantitative estimate of drug-likeness (QED) is 0.861. The summed E-state index contributed by atoms with van der Waals surface area (Å²) in [7, 11) is 0. The summed E-state index contributed by atoms with van der Waals surface area (Å²) in [5, 5.41) is 3.39. The van der Waals surface area contributed by atoms with E-state index in [0.29, 0.717) is 22.4 Å². The molecule has 0 saturated heterocycles. The topological polar surface area (TPSA) is 38.3 Å². The number of benzene rings is 2. The Balaban J connectivity index is 1.91. The van der Waals surface area contributed by atoms with Crippen LogP contribution in [0.1, 0.15) is 30.9 Å². The number of anilines is 1. The summed E-state index contributed by atoms with van der Waals surface area (Å²) in [6.45, 7) is 6.15. The van der Waals surface area contributed by atoms with Crippen LogP contribution in [0, 0.1) is 6.92 Å². The Morgan fingerprint density at radius 1 is 1.18 bits per heavy atom. The van der Waals surface area contributed by atoms with Crippen molar-refractivity contribution in [3.63, 3.8) is 0 Å². The van der Waals surface area contributed by atoms with Crippen molar-refractivity contribution in [1.82, 2.24) is 0 Å². The summed E-state index contributed by atoms with van der Waals surface area (Å²) in [5.41, 5.74) is 2.90. The Kier molecular flexibility index (Phi) is 5.45. The average Bonchev–Trinajstić information content (AvgIpc) is 2.49. The van der Waals surface area contributed by atoms with Crippen LogP contribution in [0.2, 0.25) is 5.02 Å². The Labute approximate surface area is 136 Å². The van der Waals surface area contributed by atoms with Crippen LogP contribution in [0.3, 0.4) is 0 Å². The molecule has 0 saturated carbocycles. The van der Waals surface area contributed by atoms with Gasteiger partial charge in [0.25, 0.3) is 5.91 Å². The molecular formula is C18H20ClNO2. The molecule has 0 aromatic heterocycles. The summed E-state index contributed by atoms with van der Waals surface area (Å²) in [6, 6.07) is 13.2. The van der Waals surface area contributed by atoms with Crippen LogP contribution < -0.4 is 10.1 Å². The van der Waals surface area contributed by atoms with Crippen molar-refractivity contribution in [2.24, 2.45) is 0 Å². The van der Waals surface area contributed by atoms with Crippen LogP contribution in [0.4, 0.5) is 5.69 Å². The lowest BCUT2D eigenvalue weighted by Gasteiger charge is -2.11. The molecule has 0 aliphatic rings. The van der Waals surface area contributed by atoms with Gasteiger partial charge in [-0.25, -0.2) is 0 Å². The number of halogens is 1. The van der Waals surface area contributed by atoms with Crippen LogP contribution in [0.15, 0.2) is 42.5 Å². The molecule has 22 heavy (non-hydrogen) atoms. The number of carbonyl (C=O) groups is 1. The lowest BCUT2D eigenvalue weighted by molar-refractivity contribution is -0.118. The van der Waals surface area contributed by atoms with E-state index in [-0.39, 0.29) is 12.5 Å². The van der Waals surface area contributed by atoms with E-state index in [1.54, 1.807) is 12.1 Å². The molecule has 0 radical (unpaired) electrons. The highest BCUT2D eigenvalue weighted by molar-refractivity contribution is 6.31. The van der Waals surface area contributed by atoms with Gasteiger partial charge in [-0.1, -0.05) is 43.6 Å². The third-order valence-electron chi connectivity index (χ3n) is 3.39. The Morgan fingerprint density at radius 3 is 2.50 bits per heavy atom. The highest BCUT2D eigenvalue weighted by Crippen LogP contribution is 2.21. The molecule has 2 rings (SSSR count). The number of nitrogens with one attached hydrogen (secondary N) is 1. The fourth-order valence-electron chi connectivity index (χ4n) is 2.01. The van der Waals surface area contributed by atoms with Crippen molar-refractivity contribution in [2.75, 3.05) is 11.9 Å². The smallest absolute Gasteiger partial charge is 0.262 e. The fourth-order valence-corrected chi connectivity index (χ4v) is 2.19. The van der Waals surface area contributed by atoms with Gasteiger partial charge < -0.3 is 10.1 Å². The maximum absolute atomic E-state index is 11.9. The first-order valence-electron chi connectivity index (χ1n) is 7.24. The molecule has 0 atom stereocenters. The SMILES string of the molecule is Cc1ccc(Cl)cc1NC(=O)COc1ccc(C(C)C)cc1. The number of hydrogen-bond acceptors (Lipinski definition) is 2. The zero-order chi connectivity index (χ0) is 16.1. The highest BCUT2D eigenvalue weighted by Gasteiger charge is 2.07. The van der Waals surface area contributed by atoms with Crippen molar-refractivity contribution >= 4 is 23.2 Å². The second kappa shape index (κ2) is 7.32. The van der Waals surface area contributed by atoms with Gasteiger partial charge in [0.2, 0.25) is 0 Å². The molecule has 0 fully saturated rings. The third-order valence-corrected chi connectivity index (χ3v) is 3.63. The van der Waals surface area contributed by atoms with E-state index in [1.165, 1.54) is 5.56 Å². The largest absolute Gasteiger partial charge is 0.484 e. The van der Waals surface area contributed by atoms with Gasteiger partial charge in [0.05, 0.1) is 0 Å². The standard InChI is InChI=1S/C18H20ClNO2/c1-12(2)14-5-8-16(9-6-14)22-11-18(21)20-17-10-15(19)7-4-13(17)3/h4-10,12H,11H2,1-3H3,(H,20,21). The van der Waals surface area contributed by atoms with Crippen LogP contribution in [-0.4, -0.2) is 12.5 Å². The van der Waals surface area contributed by atoms with Gasteiger partial charge in [0.15, 0.2) is 6.61 Å². The van der Waals surface area contributed by atoms with Crippen molar-refractivity contribution in [1.29, 1.82) is 0 Å². The first kappa shape index (κ1) is 16.4. The number of ether oxygens (including phenoxy) is 1. The molecule has 0 aliphatic carbocycles. The van der Waals surface area contributed by atoms with E-state index < -0.39 is 0 Å². The van der Waals surface area contributed by atoms with Gasteiger partial charge in [-0.05, 0) is 48.2 Å². The second-order valence-corrected chi connectivity index (χ2v) is 5.96. The zero-order valence-electron chi connectivity index (χ0n) is 13.0. The number of hydrogen-bond donors (Lipinski definition) is 1. The van der Waals surface area contributed by atoms with Crippen LogP contribution >= 0.6 is 11.6 Å². The third kappa shape index (κ3) is 4.50. The lowest BCUT2D eigenvalue weighted by atomic mass is 10.0. The predicted octanol–water partition coefficient (Wildman–Crippen LogP) is 4.79. The first-order valence-corrected chi connectivity index (χ1v) is 7.62. The molecule has 4 heteroatoms. The van der Waals surface area contributed by atoms with Crippen molar-refractivity contribution < 1.29 is 9.53 Å². The van der Waals surface area contributed by atoms with Crippen LogP contribution in [0.25, 0.3) is 0 Å². The maximum Gasteiger partial charge on any atom is 0.262 e. The molecule has 0 heterocycles. The summed E-state index contributed by atoms with van der Waals surface area (Å²) in [5.74, 6) is 0.948. The minimum Gasteiger partial charge on any atom is -0.484 e. The fraction of sp³-hybridized carbons (Fsp3) is 0.278. The molecule has 1 N–H and O–H groups in total. The molecule has 3 nitrogen and oxygen atoms in total. The molecular weight excluding hydrogens is 298 g/mol. The van der Waals surface area contributed by atoms with Gasteiger partial charge in [-0.3, -0.25) is 4.79 Å². The van der Waals surface area contributed by atoms with E-state index in [1.807, 2.05) is 37.3 Å². The first-order chi connectivity index (χ1) is 10.5. The van der Waals surface area contributed by atoms with E-state index in [4.69, 9.17) is 16.3 Å². The molecule has 0 bridgehead atoms. The predicted molar refractivity (Wildman–Crippen MR) is 90.8 cm³/mol. The normalized spacial score (nSPS) is 10.6. The van der Waals surface area contributed by atoms with Gasteiger partial charge in [-0.15, -0.1) is 0 Å². The Hall–Kier alpha value is -2.00. The number of rotatable bonds is 5. The minimum atomic E-state index is -0.210. The van der Waals surface area contributed by atoms with Crippen LogP contribution in [-0.2, 0) is 4.79 Å². The number of aryl methyl sites for hydroxylation is 1. The molecule has 2 aromatic rings. The van der Waals surface area contributed by atoms with E-state index in [0.717, 1.165) is 5.56 Å². The zero-order valence-corrected chi connectivity index (χ0v) is 13.8. The molecule has 1 amide bonds. The summed E-state index contributed by atoms with van der Waals surface area (Å²) in [6.07, 6.45) is 0.